The normalized spacial score (nSPS) is 23.3. The van der Waals surface area contributed by atoms with Gasteiger partial charge in [0.05, 0.1) is 5.75 Å². The van der Waals surface area contributed by atoms with Crippen LogP contribution in [0, 0.1) is 0 Å². The molecule has 7 heteroatoms. The van der Waals surface area contributed by atoms with E-state index in [1.165, 1.54) is 0 Å². The minimum absolute atomic E-state index is 0.236. The van der Waals surface area contributed by atoms with E-state index in [0.29, 0.717) is 22.9 Å². The Bertz CT molecular complexity index is 695. The Morgan fingerprint density at radius 3 is 2.94 bits per heavy atom. The van der Waals surface area contributed by atoms with Crippen LogP contribution in [-0.2, 0) is 9.84 Å². The first kappa shape index (κ1) is 11.9. The summed E-state index contributed by atoms with van der Waals surface area (Å²) in [6.07, 6.45) is 3.98. The highest BCUT2D eigenvalue weighted by molar-refractivity contribution is 7.91. The lowest BCUT2D eigenvalue weighted by Gasteiger charge is -2.20. The molecule has 2 aromatic rings. The molecule has 1 fully saturated rings. The van der Waals surface area contributed by atoms with Gasteiger partial charge in [0.1, 0.15) is 5.25 Å². The fraction of sp³-hybridized carbons (Fsp3) is 0.455. The van der Waals surface area contributed by atoms with Gasteiger partial charge in [-0.15, -0.1) is 10.2 Å². The van der Waals surface area contributed by atoms with Crippen LogP contribution in [0.1, 0.15) is 30.3 Å². The Labute approximate surface area is 110 Å². The van der Waals surface area contributed by atoms with E-state index in [0.717, 1.165) is 12.8 Å². The summed E-state index contributed by atoms with van der Waals surface area (Å²) < 4.78 is 25.9. The first-order valence-corrected chi connectivity index (χ1v) is 7.89. The largest absolute Gasteiger partial charge is 0.285 e. The summed E-state index contributed by atoms with van der Waals surface area (Å²) in [5, 5.41) is 8.04. The molecule has 0 amide bonds. The van der Waals surface area contributed by atoms with E-state index in [-0.39, 0.29) is 5.75 Å². The van der Waals surface area contributed by atoms with E-state index >= 15 is 0 Å². The molecule has 5 nitrogen and oxygen atoms in total. The van der Waals surface area contributed by atoms with Gasteiger partial charge in [-0.25, -0.2) is 8.42 Å². The summed E-state index contributed by atoms with van der Waals surface area (Å²) in [5.41, 5.74) is 0.582. The summed E-state index contributed by atoms with van der Waals surface area (Å²) in [7, 11) is -3.10. The molecule has 0 radical (unpaired) electrons. The molecule has 1 aliphatic rings. The van der Waals surface area contributed by atoms with Gasteiger partial charge in [-0.3, -0.25) is 4.40 Å². The summed E-state index contributed by atoms with van der Waals surface area (Å²) in [5.74, 6) is 0.738. The second kappa shape index (κ2) is 4.20. The highest BCUT2D eigenvalue weighted by Crippen LogP contribution is 2.32. The molecule has 0 bridgehead atoms. The van der Waals surface area contributed by atoms with Gasteiger partial charge >= 0.3 is 0 Å². The third-order valence-electron chi connectivity index (χ3n) is 3.27. The average Bonchev–Trinajstić information content (AvgIpc) is 2.71. The molecule has 1 saturated heterocycles. The van der Waals surface area contributed by atoms with Gasteiger partial charge in [-0.05, 0) is 18.9 Å². The standard InChI is InChI=1S/C11H12ClN3O2S/c12-8-4-5-15-10(7-8)13-14-11(15)9-3-1-2-6-18(9,16)17/h4-5,7,9H,1-3,6H2. The molecule has 1 atom stereocenters. The molecule has 96 valence electrons. The van der Waals surface area contributed by atoms with Crippen LogP contribution >= 0.6 is 11.6 Å². The van der Waals surface area contributed by atoms with E-state index in [9.17, 15) is 8.42 Å². The maximum Gasteiger partial charge on any atom is 0.162 e. The molecule has 0 N–H and O–H groups in total. The van der Waals surface area contributed by atoms with E-state index < -0.39 is 15.1 Å². The van der Waals surface area contributed by atoms with Crippen molar-refractivity contribution in [3.63, 3.8) is 0 Å². The van der Waals surface area contributed by atoms with E-state index in [2.05, 4.69) is 10.2 Å². The number of sulfone groups is 1. The molecule has 2 aromatic heterocycles. The van der Waals surface area contributed by atoms with Crippen LogP contribution in [0.2, 0.25) is 5.02 Å². The second-order valence-electron chi connectivity index (χ2n) is 4.48. The maximum absolute atomic E-state index is 12.1. The van der Waals surface area contributed by atoms with Crippen LogP contribution in [0.5, 0.6) is 0 Å². The van der Waals surface area contributed by atoms with Crippen LogP contribution in [0.3, 0.4) is 0 Å². The van der Waals surface area contributed by atoms with Gasteiger partial charge < -0.3 is 0 Å². The molecule has 1 unspecified atom stereocenters. The summed E-state index contributed by atoms with van der Waals surface area (Å²) in [4.78, 5) is 0. The molecule has 3 rings (SSSR count). The first-order valence-electron chi connectivity index (χ1n) is 5.80. The minimum Gasteiger partial charge on any atom is -0.285 e. The zero-order valence-electron chi connectivity index (χ0n) is 9.58. The Morgan fingerprint density at radius 2 is 2.17 bits per heavy atom. The molecule has 0 aromatic carbocycles. The van der Waals surface area contributed by atoms with E-state index in [1.807, 2.05) is 0 Å². The van der Waals surface area contributed by atoms with Crippen molar-refractivity contribution in [3.05, 3.63) is 29.2 Å². The van der Waals surface area contributed by atoms with E-state index in [4.69, 9.17) is 11.6 Å². The third-order valence-corrected chi connectivity index (χ3v) is 5.67. The van der Waals surface area contributed by atoms with Crippen molar-refractivity contribution >= 4 is 27.1 Å². The molecule has 3 heterocycles. The van der Waals surface area contributed by atoms with E-state index in [1.54, 1.807) is 22.7 Å². The van der Waals surface area contributed by atoms with Crippen LogP contribution in [0.25, 0.3) is 5.65 Å². The summed E-state index contributed by atoms with van der Waals surface area (Å²) in [6.45, 7) is 0. The lowest BCUT2D eigenvalue weighted by Crippen LogP contribution is -2.23. The number of rotatable bonds is 1. The van der Waals surface area contributed by atoms with Crippen molar-refractivity contribution in [2.75, 3.05) is 5.75 Å². The molecular formula is C11H12ClN3O2S. The topological polar surface area (TPSA) is 64.3 Å². The van der Waals surface area contributed by atoms with Crippen molar-refractivity contribution in [2.45, 2.75) is 24.5 Å². The average molecular weight is 286 g/mol. The van der Waals surface area contributed by atoms with Gasteiger partial charge in [-0.2, -0.15) is 0 Å². The van der Waals surface area contributed by atoms with Crippen LogP contribution in [-0.4, -0.2) is 28.8 Å². The number of nitrogens with zero attached hydrogens (tertiary/aromatic N) is 3. The third kappa shape index (κ3) is 1.89. The summed E-state index contributed by atoms with van der Waals surface area (Å²) in [6, 6.07) is 3.38. The van der Waals surface area contributed by atoms with Crippen molar-refractivity contribution in [1.82, 2.24) is 14.6 Å². The number of hydrogen-bond donors (Lipinski definition) is 0. The lowest BCUT2D eigenvalue weighted by molar-refractivity contribution is 0.537. The predicted molar refractivity (Wildman–Crippen MR) is 68.4 cm³/mol. The molecular weight excluding hydrogens is 274 g/mol. The lowest BCUT2D eigenvalue weighted by atomic mass is 10.2. The number of aromatic nitrogens is 3. The fourth-order valence-electron chi connectivity index (χ4n) is 2.35. The monoisotopic (exact) mass is 285 g/mol. The van der Waals surface area contributed by atoms with Gasteiger partial charge in [0, 0.05) is 17.3 Å². The van der Waals surface area contributed by atoms with Gasteiger partial charge in [-0.1, -0.05) is 18.0 Å². The Balaban J connectivity index is 2.14. The highest BCUT2D eigenvalue weighted by atomic mass is 35.5. The minimum atomic E-state index is -3.10. The van der Waals surface area contributed by atoms with Gasteiger partial charge in [0.15, 0.2) is 21.3 Å². The van der Waals surface area contributed by atoms with Crippen molar-refractivity contribution < 1.29 is 8.42 Å². The molecule has 18 heavy (non-hydrogen) atoms. The Morgan fingerprint density at radius 1 is 1.33 bits per heavy atom. The van der Waals surface area contributed by atoms with Gasteiger partial charge in [0.2, 0.25) is 0 Å². The Kier molecular flexibility index (Phi) is 2.79. The number of hydrogen-bond acceptors (Lipinski definition) is 4. The fourth-order valence-corrected chi connectivity index (χ4v) is 4.40. The maximum atomic E-state index is 12.1. The SMILES string of the molecule is O=S1(=O)CCCCC1c1nnc2cc(Cl)ccn12. The molecule has 0 aliphatic carbocycles. The molecule has 1 aliphatic heterocycles. The highest BCUT2D eigenvalue weighted by Gasteiger charge is 2.33. The van der Waals surface area contributed by atoms with Crippen LogP contribution < -0.4 is 0 Å². The molecule has 0 spiro atoms. The van der Waals surface area contributed by atoms with Crippen LogP contribution in [0.15, 0.2) is 18.3 Å². The predicted octanol–water partition coefficient (Wildman–Crippen LogP) is 2.02. The summed E-state index contributed by atoms with van der Waals surface area (Å²) >= 11 is 5.87. The number of halogens is 1. The number of fused-ring (bicyclic) bond motifs is 1. The second-order valence-corrected chi connectivity index (χ2v) is 7.22. The van der Waals surface area contributed by atoms with Crippen molar-refractivity contribution in [2.24, 2.45) is 0 Å². The zero-order chi connectivity index (χ0) is 12.8. The van der Waals surface area contributed by atoms with Crippen molar-refractivity contribution in [3.8, 4) is 0 Å². The zero-order valence-corrected chi connectivity index (χ0v) is 11.2. The number of pyridine rings is 1. The molecule has 0 saturated carbocycles. The smallest absolute Gasteiger partial charge is 0.162 e. The van der Waals surface area contributed by atoms with Gasteiger partial charge in [0.25, 0.3) is 0 Å². The first-order chi connectivity index (χ1) is 8.58. The van der Waals surface area contributed by atoms with Crippen molar-refractivity contribution in [1.29, 1.82) is 0 Å². The quantitative estimate of drug-likeness (QED) is 0.804. The Hall–Kier alpha value is -1.14. The van der Waals surface area contributed by atoms with Crippen LogP contribution in [0.4, 0.5) is 0 Å².